The van der Waals surface area contributed by atoms with Crippen molar-refractivity contribution in [3.05, 3.63) is 52.5 Å². The summed E-state index contributed by atoms with van der Waals surface area (Å²) in [6.07, 6.45) is 0. The average Bonchev–Trinajstić information content (AvgIpc) is 2.61. The number of amides is 1. The molecule has 0 bridgehead atoms. The maximum Gasteiger partial charge on any atom is 0.341 e. The summed E-state index contributed by atoms with van der Waals surface area (Å²) < 4.78 is 32.8. The number of carboxylic acid groups (broad SMARTS) is 1. The van der Waals surface area contributed by atoms with Crippen molar-refractivity contribution >= 4 is 39.2 Å². The minimum absolute atomic E-state index is 0.0441. The number of carboxylic acids is 1. The number of hydrogen-bond donors (Lipinski definition) is 2. The zero-order valence-electron chi connectivity index (χ0n) is 15.4. The van der Waals surface area contributed by atoms with Crippen LogP contribution in [0.15, 0.2) is 41.3 Å². The minimum Gasteiger partial charge on any atom is -0.480 e. The van der Waals surface area contributed by atoms with Crippen LogP contribution in [-0.4, -0.2) is 51.0 Å². The first-order valence-corrected chi connectivity index (χ1v) is 9.86. The number of aliphatic carboxylic acids is 1. The molecule has 0 saturated heterocycles. The van der Waals surface area contributed by atoms with E-state index in [4.69, 9.17) is 21.4 Å². The number of nitrogens with zero attached hydrogens (tertiary/aromatic N) is 1. The van der Waals surface area contributed by atoms with E-state index in [9.17, 15) is 18.0 Å². The van der Waals surface area contributed by atoms with Crippen LogP contribution in [0.2, 0.25) is 5.02 Å². The summed E-state index contributed by atoms with van der Waals surface area (Å²) in [4.78, 5) is 23.9. The lowest BCUT2D eigenvalue weighted by atomic mass is 10.1. The molecule has 0 aliphatic heterocycles. The van der Waals surface area contributed by atoms with Crippen LogP contribution >= 0.6 is 11.6 Å². The summed E-state index contributed by atoms with van der Waals surface area (Å²) in [5, 5.41) is 8.59. The topological polar surface area (TPSA) is 113 Å². The third-order valence-electron chi connectivity index (χ3n) is 3.70. The number of hydrogen-bond acceptors (Lipinski definition) is 5. The molecule has 28 heavy (non-hydrogen) atoms. The van der Waals surface area contributed by atoms with Gasteiger partial charge >= 0.3 is 5.97 Å². The Balaban J connectivity index is 2.31. The maximum atomic E-state index is 12.7. The molecular weight excluding hydrogens is 408 g/mol. The van der Waals surface area contributed by atoms with Crippen molar-refractivity contribution < 1.29 is 27.9 Å². The van der Waals surface area contributed by atoms with Crippen molar-refractivity contribution in [2.75, 3.05) is 25.4 Å². The first-order valence-electron chi connectivity index (χ1n) is 8.00. The molecule has 150 valence electrons. The first kappa shape index (κ1) is 21.5. The molecule has 2 aromatic rings. The van der Waals surface area contributed by atoms with Crippen molar-refractivity contribution in [2.24, 2.45) is 0 Å². The number of benzene rings is 2. The van der Waals surface area contributed by atoms with Gasteiger partial charge in [0.25, 0.3) is 15.9 Å². The lowest BCUT2D eigenvalue weighted by Crippen LogP contribution is -2.22. The van der Waals surface area contributed by atoms with Gasteiger partial charge in [-0.1, -0.05) is 17.7 Å². The third-order valence-corrected chi connectivity index (χ3v) is 5.36. The van der Waals surface area contributed by atoms with Gasteiger partial charge in [-0.05, 0) is 42.8 Å². The van der Waals surface area contributed by atoms with Gasteiger partial charge in [-0.25, -0.2) is 13.2 Å². The van der Waals surface area contributed by atoms with E-state index in [1.54, 1.807) is 33.2 Å². The fourth-order valence-corrected chi connectivity index (χ4v) is 3.68. The number of nitrogens with one attached hydrogen (secondary N) is 1. The number of carbonyl (C=O) groups is 2. The largest absolute Gasteiger partial charge is 0.480 e. The molecule has 8 nitrogen and oxygen atoms in total. The van der Waals surface area contributed by atoms with Crippen LogP contribution in [0.5, 0.6) is 5.75 Å². The molecule has 0 heterocycles. The highest BCUT2D eigenvalue weighted by Crippen LogP contribution is 2.29. The van der Waals surface area contributed by atoms with Crippen molar-refractivity contribution in [2.45, 2.75) is 11.8 Å². The predicted molar refractivity (Wildman–Crippen MR) is 105 cm³/mol. The average molecular weight is 427 g/mol. The molecule has 0 fully saturated rings. The molecule has 2 aromatic carbocycles. The van der Waals surface area contributed by atoms with Gasteiger partial charge in [0, 0.05) is 19.7 Å². The van der Waals surface area contributed by atoms with Gasteiger partial charge in [-0.3, -0.25) is 9.52 Å². The molecular formula is C18H19ClN2O6S. The van der Waals surface area contributed by atoms with Crippen LogP contribution in [0.25, 0.3) is 0 Å². The molecule has 1 amide bonds. The zero-order valence-corrected chi connectivity index (χ0v) is 17.0. The second-order valence-corrected chi connectivity index (χ2v) is 8.20. The number of carbonyl (C=O) groups excluding carboxylic acids is 1. The molecule has 0 atom stereocenters. The van der Waals surface area contributed by atoms with E-state index in [0.29, 0.717) is 11.1 Å². The Kier molecular flexibility index (Phi) is 6.52. The van der Waals surface area contributed by atoms with Crippen molar-refractivity contribution in [3.63, 3.8) is 0 Å². The van der Waals surface area contributed by atoms with Crippen molar-refractivity contribution in [3.8, 4) is 5.75 Å². The fourth-order valence-electron chi connectivity index (χ4n) is 2.23. The third kappa shape index (κ3) is 5.14. The number of aryl methyl sites for hydroxylation is 1. The van der Waals surface area contributed by atoms with Crippen LogP contribution in [0.1, 0.15) is 15.9 Å². The van der Waals surface area contributed by atoms with Gasteiger partial charge in [-0.15, -0.1) is 0 Å². The lowest BCUT2D eigenvalue weighted by molar-refractivity contribution is -0.139. The molecule has 2 N–H and O–H groups in total. The van der Waals surface area contributed by atoms with E-state index in [1.807, 2.05) is 0 Å². The van der Waals surface area contributed by atoms with Gasteiger partial charge in [0.05, 0.1) is 15.6 Å². The smallest absolute Gasteiger partial charge is 0.341 e. The molecule has 0 spiro atoms. The molecule has 0 aliphatic carbocycles. The van der Waals surface area contributed by atoms with E-state index < -0.39 is 22.6 Å². The predicted octanol–water partition coefficient (Wildman–Crippen LogP) is 2.61. The fraction of sp³-hybridized carbons (Fsp3) is 0.222. The number of rotatable bonds is 7. The Bertz CT molecular complexity index is 1020. The SMILES string of the molecule is Cc1ccc(C(=O)N(C)C)cc1NS(=O)(=O)c1ccc(OCC(=O)O)c(Cl)c1. The summed E-state index contributed by atoms with van der Waals surface area (Å²) in [6, 6.07) is 8.39. The summed E-state index contributed by atoms with van der Waals surface area (Å²) in [5.41, 5.74) is 1.23. The summed E-state index contributed by atoms with van der Waals surface area (Å²) in [7, 11) is -0.802. The second-order valence-electron chi connectivity index (χ2n) is 6.11. The van der Waals surface area contributed by atoms with Gasteiger partial charge in [-0.2, -0.15) is 0 Å². The van der Waals surface area contributed by atoms with Gasteiger partial charge in [0.1, 0.15) is 5.75 Å². The Labute approximate surface area is 167 Å². The lowest BCUT2D eigenvalue weighted by Gasteiger charge is -2.15. The Morgan fingerprint density at radius 1 is 1.18 bits per heavy atom. The van der Waals surface area contributed by atoms with Gasteiger partial charge in [0.2, 0.25) is 0 Å². The van der Waals surface area contributed by atoms with Crippen LogP contribution in [0.4, 0.5) is 5.69 Å². The Hall–Kier alpha value is -2.78. The van der Waals surface area contributed by atoms with Crippen LogP contribution in [0, 0.1) is 6.92 Å². The molecule has 2 rings (SSSR count). The molecule has 10 heteroatoms. The summed E-state index contributed by atoms with van der Waals surface area (Å²) >= 11 is 5.99. The molecule has 0 aromatic heterocycles. The monoisotopic (exact) mass is 426 g/mol. The molecule has 0 aliphatic rings. The molecule has 0 radical (unpaired) electrons. The minimum atomic E-state index is -4.00. The second kappa shape index (κ2) is 8.49. The van der Waals surface area contributed by atoms with Crippen LogP contribution in [-0.2, 0) is 14.8 Å². The van der Waals surface area contributed by atoms with Crippen molar-refractivity contribution in [1.29, 1.82) is 0 Å². The quantitative estimate of drug-likeness (QED) is 0.703. The van der Waals surface area contributed by atoms with E-state index in [1.165, 1.54) is 23.1 Å². The highest BCUT2D eigenvalue weighted by atomic mass is 35.5. The summed E-state index contributed by atoms with van der Waals surface area (Å²) in [5.74, 6) is -1.39. The number of ether oxygens (including phenoxy) is 1. The van der Waals surface area contributed by atoms with E-state index in [2.05, 4.69) is 4.72 Å². The molecule has 0 saturated carbocycles. The van der Waals surface area contributed by atoms with Crippen molar-refractivity contribution in [1.82, 2.24) is 4.90 Å². The van der Waals surface area contributed by atoms with E-state index in [-0.39, 0.29) is 27.3 Å². The Morgan fingerprint density at radius 3 is 2.43 bits per heavy atom. The number of anilines is 1. The normalized spacial score (nSPS) is 11.0. The number of sulfonamides is 1. The molecule has 0 unspecified atom stereocenters. The highest BCUT2D eigenvalue weighted by molar-refractivity contribution is 7.92. The Morgan fingerprint density at radius 2 is 1.86 bits per heavy atom. The van der Waals surface area contributed by atoms with Gasteiger partial charge < -0.3 is 14.7 Å². The van der Waals surface area contributed by atoms with Gasteiger partial charge in [0.15, 0.2) is 6.61 Å². The van der Waals surface area contributed by atoms with E-state index in [0.717, 1.165) is 6.07 Å². The summed E-state index contributed by atoms with van der Waals surface area (Å²) in [6.45, 7) is 1.10. The zero-order chi connectivity index (χ0) is 21.1. The van der Waals surface area contributed by atoms with E-state index >= 15 is 0 Å². The maximum absolute atomic E-state index is 12.7. The number of halogens is 1. The highest BCUT2D eigenvalue weighted by Gasteiger charge is 2.19. The standard InChI is InChI=1S/C18H19ClN2O6S/c1-11-4-5-12(18(24)21(2)3)8-15(11)20-28(25,26)13-6-7-16(14(19)9-13)27-10-17(22)23/h4-9,20H,10H2,1-3H3,(H,22,23). The van der Waals surface area contributed by atoms with Crippen LogP contribution in [0.3, 0.4) is 0 Å². The van der Waals surface area contributed by atoms with Crippen LogP contribution < -0.4 is 9.46 Å². The first-order chi connectivity index (χ1) is 13.0.